The third-order valence-corrected chi connectivity index (χ3v) is 11.8. The molecule has 1 N–H and O–H groups in total. The number of rotatable bonds is 4. The summed E-state index contributed by atoms with van der Waals surface area (Å²) in [6, 6.07) is 28.8. The second kappa shape index (κ2) is 11.4. The van der Waals surface area contributed by atoms with Crippen LogP contribution in [-0.4, -0.2) is 28.7 Å². The van der Waals surface area contributed by atoms with Crippen molar-refractivity contribution < 1.29 is 24.3 Å². The molecule has 6 atom stereocenters. The van der Waals surface area contributed by atoms with Crippen LogP contribution >= 0.6 is 34.2 Å². The number of nitrogens with zero attached hydrogens (tertiary/aromatic N) is 2. The molecule has 4 aromatic carbocycles. The number of hydrogen-bond acceptors (Lipinski definition) is 5. The Balaban J connectivity index is 1.35. The number of allylic oxidation sites excluding steroid dienone is 2. The van der Waals surface area contributed by atoms with E-state index in [1.54, 1.807) is 49.4 Å². The van der Waals surface area contributed by atoms with E-state index >= 15 is 4.79 Å². The van der Waals surface area contributed by atoms with Crippen molar-refractivity contribution in [1.82, 2.24) is 0 Å². The summed E-state index contributed by atoms with van der Waals surface area (Å²) < 4.78 is 0.988. The van der Waals surface area contributed by atoms with Crippen molar-refractivity contribution in [1.29, 1.82) is 0 Å². The highest BCUT2D eigenvalue weighted by Gasteiger charge is 2.70. The van der Waals surface area contributed by atoms with Crippen LogP contribution in [0, 0.1) is 34.2 Å². The van der Waals surface area contributed by atoms with E-state index in [9.17, 15) is 19.5 Å². The lowest BCUT2D eigenvalue weighted by Crippen LogP contribution is -2.53. The van der Waals surface area contributed by atoms with Crippen LogP contribution in [0.3, 0.4) is 0 Å². The van der Waals surface area contributed by atoms with Gasteiger partial charge in [0, 0.05) is 14.5 Å². The quantitative estimate of drug-likeness (QED) is 0.133. The van der Waals surface area contributed by atoms with E-state index in [4.69, 9.17) is 11.6 Å². The van der Waals surface area contributed by atoms with E-state index in [1.807, 2.05) is 60.7 Å². The van der Waals surface area contributed by atoms with Gasteiger partial charge in [-0.05, 0) is 113 Å². The zero-order valence-corrected chi connectivity index (χ0v) is 28.8. The lowest BCUT2D eigenvalue weighted by molar-refractivity contribution is -0.127. The molecule has 7 nitrogen and oxygen atoms in total. The smallest absolute Gasteiger partial charge is 0.246 e. The number of fused-ring (bicyclic) bond motifs is 4. The summed E-state index contributed by atoms with van der Waals surface area (Å²) in [5, 5.41) is 10.9. The third-order valence-electron chi connectivity index (χ3n) is 10.8. The van der Waals surface area contributed by atoms with E-state index in [0.717, 1.165) is 14.7 Å². The number of phenolic OH excluding ortho intramolecular Hbond substituents is 1. The molecule has 240 valence electrons. The zero-order valence-electron chi connectivity index (χ0n) is 25.8. The number of amides is 4. The molecule has 0 unspecified atom stereocenters. The molecular weight excluding hydrogens is 739 g/mol. The molecule has 48 heavy (non-hydrogen) atoms. The molecule has 2 heterocycles. The van der Waals surface area contributed by atoms with Gasteiger partial charge in [-0.3, -0.25) is 24.1 Å². The van der Waals surface area contributed by atoms with Crippen LogP contribution in [-0.2, 0) is 24.6 Å². The Labute approximate surface area is 296 Å². The standard InChI is InChI=1S/C39H30ClIN2O5/c1-21-18-22(10-17-32(21)44)34-28-15-16-29-33(37(47)42(35(29)45)26-13-11-25(41)12-14-26)30(28)20-31-36(46)43(27-9-5-8-24(40)19-27)38(48)39(31,34)23-6-3-2-4-7-23/h2-15,17-19,29-31,33-34,44H,16,20H2,1H3/t29-,30+,31-,33-,34-,39+/m0/s1. The number of aromatic hydroxyl groups is 1. The maximum Gasteiger partial charge on any atom is 0.246 e. The first-order chi connectivity index (χ1) is 23.1. The summed E-state index contributed by atoms with van der Waals surface area (Å²) in [5.74, 6) is -4.36. The second-order valence-electron chi connectivity index (χ2n) is 13.1. The van der Waals surface area contributed by atoms with Gasteiger partial charge < -0.3 is 5.11 Å². The number of imide groups is 2. The molecule has 2 aliphatic heterocycles. The SMILES string of the molecule is Cc1cc([C@H]2C3=CC[C@@H]4C(=O)N(c5ccc(I)cc5)C(=O)[C@@H]4[C@@H]3C[C@H]3C(=O)N(c4cccc(Cl)c4)C(=O)[C@@]23c2ccccc2)ccc1O. The number of carbonyl (C=O) groups excluding carboxylic acids is 4. The Morgan fingerprint density at radius 2 is 1.54 bits per heavy atom. The summed E-state index contributed by atoms with van der Waals surface area (Å²) in [4.78, 5) is 61.0. The van der Waals surface area contributed by atoms with Gasteiger partial charge in [0.2, 0.25) is 23.6 Å². The number of phenols is 1. The molecule has 4 amide bonds. The molecule has 8 rings (SSSR count). The van der Waals surface area contributed by atoms with Gasteiger partial charge in [0.1, 0.15) is 5.75 Å². The van der Waals surface area contributed by atoms with Crippen molar-refractivity contribution >= 4 is 69.2 Å². The molecule has 0 radical (unpaired) electrons. The van der Waals surface area contributed by atoms with Crippen molar-refractivity contribution in [2.75, 3.05) is 9.80 Å². The molecule has 4 aromatic rings. The fourth-order valence-corrected chi connectivity index (χ4v) is 9.37. The summed E-state index contributed by atoms with van der Waals surface area (Å²) in [7, 11) is 0. The van der Waals surface area contributed by atoms with E-state index in [1.165, 1.54) is 9.80 Å². The number of halogens is 2. The lowest BCUT2D eigenvalue weighted by Gasteiger charge is -2.50. The van der Waals surface area contributed by atoms with Gasteiger partial charge in [-0.2, -0.15) is 0 Å². The zero-order chi connectivity index (χ0) is 33.5. The van der Waals surface area contributed by atoms with Crippen LogP contribution in [0.25, 0.3) is 0 Å². The fraction of sp³-hybridized carbons (Fsp3) is 0.231. The van der Waals surface area contributed by atoms with Crippen LogP contribution in [0.4, 0.5) is 11.4 Å². The van der Waals surface area contributed by atoms with Crippen LogP contribution in [0.2, 0.25) is 5.02 Å². The molecule has 2 aliphatic carbocycles. The van der Waals surface area contributed by atoms with Crippen molar-refractivity contribution in [2.24, 2.45) is 23.7 Å². The normalized spacial score (nSPS) is 27.9. The van der Waals surface area contributed by atoms with Crippen LogP contribution in [0.1, 0.15) is 35.4 Å². The first-order valence-corrected chi connectivity index (χ1v) is 17.4. The summed E-state index contributed by atoms with van der Waals surface area (Å²) >= 11 is 8.57. The molecule has 9 heteroatoms. The van der Waals surface area contributed by atoms with Crippen LogP contribution in [0.5, 0.6) is 5.75 Å². The maximum absolute atomic E-state index is 15.3. The van der Waals surface area contributed by atoms with Crippen molar-refractivity contribution in [3.8, 4) is 5.75 Å². The summed E-state index contributed by atoms with van der Waals surface area (Å²) in [6.07, 6.45) is 2.60. The van der Waals surface area contributed by atoms with E-state index in [0.29, 0.717) is 33.9 Å². The van der Waals surface area contributed by atoms with Crippen LogP contribution < -0.4 is 9.80 Å². The average molecular weight is 769 g/mol. The summed E-state index contributed by atoms with van der Waals surface area (Å²) in [5.41, 5.74) is 2.51. The lowest BCUT2D eigenvalue weighted by atomic mass is 9.49. The van der Waals surface area contributed by atoms with Gasteiger partial charge in [-0.1, -0.05) is 71.8 Å². The van der Waals surface area contributed by atoms with Gasteiger partial charge in [0.05, 0.1) is 34.5 Å². The number of carbonyl (C=O) groups is 4. The third kappa shape index (κ3) is 4.38. The van der Waals surface area contributed by atoms with Gasteiger partial charge in [0.15, 0.2) is 0 Å². The molecule has 3 fully saturated rings. The summed E-state index contributed by atoms with van der Waals surface area (Å²) in [6.45, 7) is 1.80. The molecular formula is C39H30ClIN2O5. The van der Waals surface area contributed by atoms with Crippen molar-refractivity contribution in [2.45, 2.75) is 31.1 Å². The minimum Gasteiger partial charge on any atom is -0.508 e. The first kappa shape index (κ1) is 31.0. The minimum absolute atomic E-state index is 0.119. The molecule has 0 aromatic heterocycles. The highest BCUT2D eigenvalue weighted by Crippen LogP contribution is 2.64. The number of benzene rings is 4. The minimum atomic E-state index is -1.36. The van der Waals surface area contributed by atoms with Gasteiger partial charge >= 0.3 is 0 Å². The first-order valence-electron chi connectivity index (χ1n) is 15.9. The van der Waals surface area contributed by atoms with E-state index < -0.39 is 35.0 Å². The number of aryl methyl sites for hydroxylation is 1. The predicted octanol–water partition coefficient (Wildman–Crippen LogP) is 7.33. The predicted molar refractivity (Wildman–Crippen MR) is 191 cm³/mol. The Morgan fingerprint density at radius 1 is 0.792 bits per heavy atom. The van der Waals surface area contributed by atoms with Gasteiger partial charge in [-0.15, -0.1) is 0 Å². The van der Waals surface area contributed by atoms with Crippen molar-refractivity contribution in [3.63, 3.8) is 0 Å². The Bertz CT molecular complexity index is 2060. The highest BCUT2D eigenvalue weighted by atomic mass is 127. The number of hydrogen-bond donors (Lipinski definition) is 1. The van der Waals surface area contributed by atoms with Crippen LogP contribution in [0.15, 0.2) is 109 Å². The van der Waals surface area contributed by atoms with Crippen molar-refractivity contribution in [3.05, 3.63) is 134 Å². The molecule has 2 saturated heterocycles. The molecule has 1 saturated carbocycles. The second-order valence-corrected chi connectivity index (χ2v) is 14.8. The molecule has 0 spiro atoms. The highest BCUT2D eigenvalue weighted by molar-refractivity contribution is 14.1. The topological polar surface area (TPSA) is 95.0 Å². The van der Waals surface area contributed by atoms with E-state index in [-0.39, 0.29) is 35.8 Å². The Kier molecular flexibility index (Phi) is 7.37. The average Bonchev–Trinajstić information content (AvgIpc) is 3.47. The largest absolute Gasteiger partial charge is 0.508 e. The molecule has 0 bridgehead atoms. The van der Waals surface area contributed by atoms with Gasteiger partial charge in [0.25, 0.3) is 0 Å². The molecule has 4 aliphatic rings. The monoisotopic (exact) mass is 768 g/mol. The Hall–Kier alpha value is -4.28. The fourth-order valence-electron chi connectivity index (χ4n) is 8.82. The number of anilines is 2. The van der Waals surface area contributed by atoms with Gasteiger partial charge in [-0.25, -0.2) is 4.90 Å². The Morgan fingerprint density at radius 3 is 2.25 bits per heavy atom. The maximum atomic E-state index is 15.3. The van der Waals surface area contributed by atoms with E-state index in [2.05, 4.69) is 22.6 Å².